The summed E-state index contributed by atoms with van der Waals surface area (Å²) in [6.45, 7) is 5.76. The smallest absolute Gasteiger partial charge is 0.229 e. The van der Waals surface area contributed by atoms with Crippen LogP contribution in [0.2, 0.25) is 0 Å². The number of hydrogen-bond acceptors (Lipinski definition) is 12. The number of anilines is 4. The summed E-state index contributed by atoms with van der Waals surface area (Å²) in [5.74, 6) is 1.98. The maximum Gasteiger partial charge on any atom is 0.229 e. The Hall–Kier alpha value is -4.06. The molecule has 14 heteroatoms. The summed E-state index contributed by atoms with van der Waals surface area (Å²) in [5.41, 5.74) is 4.31. The lowest BCUT2D eigenvalue weighted by molar-refractivity contribution is 0.0326. The Morgan fingerprint density at radius 2 is 1.78 bits per heavy atom. The molecule has 2 aliphatic rings. The first kappa shape index (κ1) is 35.8. The van der Waals surface area contributed by atoms with E-state index in [1.807, 2.05) is 31.3 Å². The van der Waals surface area contributed by atoms with E-state index in [4.69, 9.17) is 19.9 Å². The molecule has 12 nitrogen and oxygen atoms in total. The van der Waals surface area contributed by atoms with Gasteiger partial charge in [0.05, 0.1) is 39.9 Å². The largest absolute Gasteiger partial charge is 0.494 e. The summed E-state index contributed by atoms with van der Waals surface area (Å²) in [4.78, 5) is 20.6. The van der Waals surface area contributed by atoms with E-state index < -0.39 is 7.14 Å². The molecule has 1 saturated carbocycles. The van der Waals surface area contributed by atoms with Crippen LogP contribution in [-0.2, 0) is 4.57 Å². The second kappa shape index (κ2) is 15.0. The highest BCUT2D eigenvalue weighted by Crippen LogP contribution is 2.46. The normalized spacial score (nSPS) is 17.0. The van der Waals surface area contributed by atoms with Crippen molar-refractivity contribution >= 4 is 74.3 Å². The molecular formula is C36H45BrN9O3P. The molecule has 0 amide bonds. The average molecular weight is 763 g/mol. The van der Waals surface area contributed by atoms with Crippen LogP contribution in [0.4, 0.5) is 23.1 Å². The number of hydrogen-bond donors (Lipinski definition) is 4. The van der Waals surface area contributed by atoms with Gasteiger partial charge in [-0.15, -0.1) is 0 Å². The molecule has 0 unspecified atom stereocenters. The number of benzene rings is 2. The number of halogens is 1. The molecule has 1 aliphatic heterocycles. The third-order valence-corrected chi connectivity index (χ3v) is 11.9. The Bertz CT molecular complexity index is 1950. The Morgan fingerprint density at radius 1 is 1.04 bits per heavy atom. The molecular weight excluding hydrogens is 717 g/mol. The Kier molecular flexibility index (Phi) is 10.8. The maximum absolute atomic E-state index is 13.5. The first-order valence-corrected chi connectivity index (χ1v) is 20.2. The monoisotopic (exact) mass is 761 g/mol. The second-order valence-electron chi connectivity index (χ2n) is 13.6. The third-order valence-electron chi connectivity index (χ3n) is 9.80. The number of aromatic nitrogens is 4. The van der Waals surface area contributed by atoms with Crippen LogP contribution in [0.1, 0.15) is 44.1 Å². The van der Waals surface area contributed by atoms with Crippen molar-refractivity contribution < 1.29 is 14.0 Å². The van der Waals surface area contributed by atoms with Gasteiger partial charge in [-0.2, -0.15) is 4.98 Å². The van der Waals surface area contributed by atoms with E-state index in [1.54, 1.807) is 45.2 Å². The van der Waals surface area contributed by atoms with Gasteiger partial charge >= 0.3 is 0 Å². The fourth-order valence-electron chi connectivity index (χ4n) is 7.03. The molecule has 50 heavy (non-hydrogen) atoms. The fraction of sp³-hybridized carbons (Fsp3) is 0.417. The van der Waals surface area contributed by atoms with Gasteiger partial charge in [0.25, 0.3) is 0 Å². The first-order valence-electron chi connectivity index (χ1n) is 16.8. The van der Waals surface area contributed by atoms with Gasteiger partial charge in [-0.1, -0.05) is 0 Å². The highest BCUT2D eigenvalue weighted by Gasteiger charge is 2.38. The van der Waals surface area contributed by atoms with Crippen LogP contribution in [0.5, 0.6) is 11.5 Å². The van der Waals surface area contributed by atoms with Gasteiger partial charge in [0.1, 0.15) is 30.0 Å². The highest BCUT2D eigenvalue weighted by molar-refractivity contribution is 9.10. The van der Waals surface area contributed by atoms with E-state index >= 15 is 0 Å². The maximum atomic E-state index is 13.5. The molecule has 4 N–H and O–H groups in total. The predicted molar refractivity (Wildman–Crippen MR) is 206 cm³/mol. The molecule has 0 radical (unpaired) electrons. The minimum atomic E-state index is -2.78. The number of nitrogens with one attached hydrogen (secondary N) is 4. The minimum Gasteiger partial charge on any atom is -0.494 e. The number of methoxy groups -OCH3 is 1. The lowest BCUT2D eigenvalue weighted by Crippen LogP contribution is -2.41. The zero-order chi connectivity index (χ0) is 35.5. The first-order chi connectivity index (χ1) is 24.0. The standard InChI is InChI=1S/C36H45BrN9O3P/c1-39-21-23(20-38)25-18-29(31(48-3)19-30(25)49-24-8-10-36(11-9-24)12-16-46(2)17-13-36)44-35-42-22-26(37)34(45-35)43-28-7-6-27-32(41-15-14-40-27)33(28)50(4,5)47/h6-7,14-15,18-22,24,38-39H,8-13,16-17H2,1-5H3,(H2,42,43,44,45)/b23-21+,38-20?. The van der Waals surface area contributed by atoms with Crippen LogP contribution < -0.4 is 30.7 Å². The molecule has 4 aromatic rings. The Morgan fingerprint density at radius 3 is 2.46 bits per heavy atom. The quantitative estimate of drug-likeness (QED) is 0.0910. The van der Waals surface area contributed by atoms with E-state index in [0.717, 1.165) is 31.5 Å². The molecule has 2 aromatic heterocycles. The van der Waals surface area contributed by atoms with E-state index in [2.05, 4.69) is 58.8 Å². The van der Waals surface area contributed by atoms with Crippen LogP contribution in [-0.4, -0.2) is 84.8 Å². The van der Waals surface area contributed by atoms with Gasteiger partial charge in [0.2, 0.25) is 5.95 Å². The zero-order valence-electron chi connectivity index (χ0n) is 29.2. The lowest BCUT2D eigenvalue weighted by Gasteiger charge is -2.45. The van der Waals surface area contributed by atoms with Crippen molar-refractivity contribution in [1.29, 1.82) is 5.41 Å². The van der Waals surface area contributed by atoms with Crippen LogP contribution in [0, 0.1) is 10.8 Å². The number of rotatable bonds is 11. The fourth-order valence-corrected chi connectivity index (χ4v) is 8.71. The summed E-state index contributed by atoms with van der Waals surface area (Å²) in [6, 6.07) is 7.47. The Labute approximate surface area is 301 Å². The summed E-state index contributed by atoms with van der Waals surface area (Å²) in [5, 5.41) is 18.5. The molecule has 6 rings (SSSR count). The second-order valence-corrected chi connectivity index (χ2v) is 17.6. The summed E-state index contributed by atoms with van der Waals surface area (Å²) >= 11 is 3.57. The van der Waals surface area contributed by atoms with Gasteiger partial charge in [0.15, 0.2) is 0 Å². The number of piperidine rings is 1. The van der Waals surface area contributed by atoms with E-state index in [-0.39, 0.29) is 6.10 Å². The number of ether oxygens (including phenoxy) is 2. The predicted octanol–water partition coefficient (Wildman–Crippen LogP) is 7.17. The number of likely N-dealkylation sites (tertiary alicyclic amines) is 1. The molecule has 3 heterocycles. The van der Waals surface area contributed by atoms with Crippen molar-refractivity contribution in [2.24, 2.45) is 5.41 Å². The topological polar surface area (TPSA) is 150 Å². The van der Waals surface area contributed by atoms with Crippen molar-refractivity contribution in [2.75, 3.05) is 58.3 Å². The molecule has 1 aliphatic carbocycles. The molecule has 0 bridgehead atoms. The number of fused-ring (bicyclic) bond motifs is 1. The number of nitrogens with zero attached hydrogens (tertiary/aromatic N) is 5. The van der Waals surface area contributed by atoms with E-state index in [9.17, 15) is 4.57 Å². The van der Waals surface area contributed by atoms with Crippen molar-refractivity contribution in [1.82, 2.24) is 30.2 Å². The van der Waals surface area contributed by atoms with Crippen LogP contribution >= 0.6 is 23.1 Å². The van der Waals surface area contributed by atoms with Gasteiger partial charge in [-0.3, -0.25) is 9.97 Å². The summed E-state index contributed by atoms with van der Waals surface area (Å²) in [7, 11) is 2.85. The van der Waals surface area contributed by atoms with Gasteiger partial charge in [-0.05, 0) is 112 Å². The Balaban J connectivity index is 1.29. The lowest BCUT2D eigenvalue weighted by atomic mass is 9.67. The highest BCUT2D eigenvalue weighted by atomic mass is 79.9. The van der Waals surface area contributed by atoms with Crippen LogP contribution in [0.25, 0.3) is 16.6 Å². The minimum absolute atomic E-state index is 0.0834. The average Bonchev–Trinajstić information content (AvgIpc) is 3.11. The molecule has 2 fully saturated rings. The van der Waals surface area contributed by atoms with Crippen molar-refractivity contribution in [3.05, 3.63) is 59.1 Å². The zero-order valence-corrected chi connectivity index (χ0v) is 31.7. The van der Waals surface area contributed by atoms with Gasteiger partial charge < -0.3 is 40.3 Å². The van der Waals surface area contributed by atoms with Gasteiger partial charge in [0, 0.05) is 55.3 Å². The third kappa shape index (κ3) is 7.80. The van der Waals surface area contributed by atoms with Crippen LogP contribution in [0.15, 0.2) is 53.5 Å². The SMILES string of the molecule is CN/C=C(\C=N)c1cc(Nc2ncc(Br)c(Nc3ccc4nccnc4c3P(C)(C)=O)n2)c(OC)cc1OC1CCC2(CC1)CCN(C)CC2. The molecule has 264 valence electrons. The van der Waals surface area contributed by atoms with Gasteiger partial charge in [-0.25, -0.2) is 4.98 Å². The summed E-state index contributed by atoms with van der Waals surface area (Å²) in [6.07, 6.45) is 14.9. The molecule has 0 atom stereocenters. The summed E-state index contributed by atoms with van der Waals surface area (Å²) < 4.78 is 26.7. The van der Waals surface area contributed by atoms with E-state index in [0.29, 0.717) is 66.4 Å². The van der Waals surface area contributed by atoms with Crippen molar-refractivity contribution in [3.8, 4) is 11.5 Å². The number of allylic oxidation sites excluding steroid dienone is 1. The molecule has 2 aromatic carbocycles. The molecule has 1 saturated heterocycles. The molecule has 1 spiro atoms. The van der Waals surface area contributed by atoms with Crippen LogP contribution in [0.3, 0.4) is 0 Å². The van der Waals surface area contributed by atoms with Crippen molar-refractivity contribution in [2.45, 2.75) is 44.6 Å². The van der Waals surface area contributed by atoms with E-state index in [1.165, 1.54) is 31.9 Å². The van der Waals surface area contributed by atoms with Crippen molar-refractivity contribution in [3.63, 3.8) is 0 Å².